The standard InChI is InChI=1S/C32H16N8.4C11H14ClNO2.Cu/c1-2-10-18-17(9-1)25-33-26(18)38-28-21-13-5-6-14-22(21)30(35-28)40-32-24-16-8-7-15-23(24)31(36-32)39-29-20-12-4-3-11-19(20)27(34-29)37-25;1-8-4-5-11(10(12)6-8)15-9(2)14-7-13-3;3*1-7-4-5-10(9(12)6-7)15-8(2)11(14)13-3;/h1-16H;4-7,9H,1-3H3;3*4-6,8H,1-3H3,(H,13,14);/q-2;;;;;+2. The SMILES string of the molecule is CN=COC(C)Oc1ccc(C)cc1Cl.CNC(=O)C(C)Oc1ccc(C)cc1Cl.CNC(=O)C(C)Oc1ccc(C)cc1Cl.CNC(=O)C(C)Oc1ccc(C)cc1Cl.[Cu+2].c1ccc2c(c1)-c1nc-2nc2[n-]c(nc3nc(nc4[n-]c(n1)c1ccccc41)-c1ccccc1-3)c1ccccc21. The van der Waals surface area contributed by atoms with E-state index in [4.69, 9.17) is 110 Å². The third-order valence-corrected chi connectivity index (χ3v) is 16.3. The minimum Gasteiger partial charge on any atom is -0.479 e. The van der Waals surface area contributed by atoms with Crippen molar-refractivity contribution in [2.75, 3.05) is 28.2 Å². The number of nitrogens with one attached hydrogen (secondary N) is 3. The Morgan fingerprint density at radius 2 is 0.644 bits per heavy atom. The Morgan fingerprint density at radius 1 is 0.396 bits per heavy atom. The van der Waals surface area contributed by atoms with Crippen molar-refractivity contribution in [1.82, 2.24) is 55.8 Å². The maximum atomic E-state index is 11.2. The molecule has 3 N–H and O–H groups in total. The second-order valence-electron chi connectivity index (χ2n) is 22.7. The number of benzene rings is 8. The summed E-state index contributed by atoms with van der Waals surface area (Å²) in [6.45, 7) is 14.6. The molecule has 3 amide bonds. The molecule has 523 valence electrons. The number of carbonyl (C=O) groups excluding carboxylic acids is 3. The number of likely N-dealkylation sites (N-methyl/N-ethyl adjacent to an activating group) is 3. The van der Waals surface area contributed by atoms with Gasteiger partial charge in [-0.2, -0.15) is 0 Å². The van der Waals surface area contributed by atoms with Gasteiger partial charge in [-0.1, -0.05) is 168 Å². The van der Waals surface area contributed by atoms with Crippen molar-refractivity contribution in [3.8, 4) is 68.5 Å². The van der Waals surface area contributed by atoms with Gasteiger partial charge in [0.15, 0.2) is 24.7 Å². The number of aryl methyl sites for hydroxylation is 4. The minimum absolute atomic E-state index is 0. The Hall–Kier alpha value is -10.1. The summed E-state index contributed by atoms with van der Waals surface area (Å²) >= 11 is 23.9. The number of hydrogen-bond acceptors (Lipinski definition) is 15. The summed E-state index contributed by atoms with van der Waals surface area (Å²) in [5.41, 5.74) is 10.0. The summed E-state index contributed by atoms with van der Waals surface area (Å²) in [5.74, 6) is 3.87. The van der Waals surface area contributed by atoms with Crippen LogP contribution < -0.4 is 44.9 Å². The summed E-state index contributed by atoms with van der Waals surface area (Å²) < 4.78 is 26.8. The average Bonchev–Trinajstić information content (AvgIpc) is 1.61. The molecule has 2 aliphatic rings. The van der Waals surface area contributed by atoms with Crippen molar-refractivity contribution in [3.63, 3.8) is 0 Å². The van der Waals surface area contributed by atoms with Crippen molar-refractivity contribution in [3.05, 3.63) is 212 Å². The van der Waals surface area contributed by atoms with E-state index in [1.807, 2.05) is 161 Å². The molecule has 4 atom stereocenters. The number of halogens is 4. The third kappa shape index (κ3) is 19.7. The van der Waals surface area contributed by atoms with Crippen molar-refractivity contribution in [2.45, 2.75) is 80.0 Å². The molecule has 0 saturated heterocycles. The number of nitrogens with zero attached hydrogens (tertiary/aromatic N) is 9. The number of carbonyl (C=O) groups is 3. The molecule has 0 saturated carbocycles. The topological polar surface area (TPSA) is 251 Å². The molecule has 20 nitrogen and oxygen atoms in total. The number of rotatable bonds is 13. The van der Waals surface area contributed by atoms with Gasteiger partial charge >= 0.3 is 17.1 Å². The molecular formula is C76H72Cl4CuN12O8. The summed E-state index contributed by atoms with van der Waals surface area (Å²) in [5, 5.41) is 13.2. The van der Waals surface area contributed by atoms with E-state index in [9.17, 15) is 14.4 Å². The maximum absolute atomic E-state index is 11.2. The van der Waals surface area contributed by atoms with E-state index in [1.165, 1.54) is 6.40 Å². The van der Waals surface area contributed by atoms with Crippen LogP contribution in [-0.4, -0.2) is 107 Å². The van der Waals surface area contributed by atoms with Gasteiger partial charge in [-0.25, -0.2) is 9.97 Å². The Kier molecular flexibility index (Phi) is 27.1. The zero-order valence-corrected chi connectivity index (χ0v) is 61.1. The zero-order chi connectivity index (χ0) is 71.7. The monoisotopic (exact) mass is 1480 g/mol. The fourth-order valence-corrected chi connectivity index (χ4v) is 11.1. The second-order valence-corrected chi connectivity index (χ2v) is 24.3. The summed E-state index contributed by atoms with van der Waals surface area (Å²) in [6, 6.07) is 53.8. The number of fused-ring (bicyclic) bond motifs is 20. The van der Waals surface area contributed by atoms with E-state index < -0.39 is 24.6 Å². The summed E-state index contributed by atoms with van der Waals surface area (Å²) in [4.78, 5) is 76.6. The Bertz CT molecular complexity index is 4510. The van der Waals surface area contributed by atoms with Crippen LogP contribution in [0.1, 0.15) is 49.9 Å². The minimum atomic E-state index is -0.546. The smallest absolute Gasteiger partial charge is 0.479 e. The van der Waals surface area contributed by atoms with Crippen LogP contribution in [0.25, 0.3) is 89.7 Å². The zero-order valence-electron chi connectivity index (χ0n) is 57.2. The molecule has 4 unspecified atom stereocenters. The molecule has 0 fully saturated rings. The van der Waals surface area contributed by atoms with Gasteiger partial charge in [-0.15, -0.1) is 0 Å². The normalized spacial score (nSPS) is 12.0. The predicted molar refractivity (Wildman–Crippen MR) is 397 cm³/mol. The van der Waals surface area contributed by atoms with Crippen LogP contribution in [0.2, 0.25) is 20.1 Å². The third-order valence-electron chi connectivity index (χ3n) is 15.1. The van der Waals surface area contributed by atoms with Gasteiger partial charge in [0.2, 0.25) is 6.29 Å². The average molecular weight is 1490 g/mol. The molecule has 3 aromatic heterocycles. The molecule has 8 bridgehead atoms. The van der Waals surface area contributed by atoms with Gasteiger partial charge in [0.05, 0.1) is 43.4 Å². The molecule has 2 aliphatic heterocycles. The van der Waals surface area contributed by atoms with Crippen LogP contribution in [-0.2, 0) is 36.2 Å². The van der Waals surface area contributed by atoms with Gasteiger partial charge in [0.25, 0.3) is 17.7 Å². The van der Waals surface area contributed by atoms with E-state index >= 15 is 0 Å². The molecule has 101 heavy (non-hydrogen) atoms. The Balaban J connectivity index is 0.000000178. The first kappa shape index (κ1) is 76.6. The summed E-state index contributed by atoms with van der Waals surface area (Å²) in [6.07, 6.45) is -0.707. The number of ether oxygens (including phenoxy) is 5. The first-order chi connectivity index (χ1) is 48.1. The second kappa shape index (κ2) is 35.8. The number of amides is 3. The van der Waals surface area contributed by atoms with E-state index in [0.717, 1.165) is 66.1 Å². The first-order valence-electron chi connectivity index (χ1n) is 31.6. The Labute approximate surface area is 615 Å². The largest absolute Gasteiger partial charge is 2.00 e. The van der Waals surface area contributed by atoms with Crippen LogP contribution in [0.4, 0.5) is 0 Å². The maximum Gasteiger partial charge on any atom is 2.00 e. The van der Waals surface area contributed by atoms with Gasteiger partial charge < -0.3 is 69.5 Å². The quantitative estimate of drug-likeness (QED) is 0.0420. The van der Waals surface area contributed by atoms with Crippen LogP contribution in [0.5, 0.6) is 23.0 Å². The van der Waals surface area contributed by atoms with E-state index in [0.29, 0.717) is 89.0 Å². The first-order valence-corrected chi connectivity index (χ1v) is 33.1. The van der Waals surface area contributed by atoms with Gasteiger partial charge in [0, 0.05) is 80.0 Å². The van der Waals surface area contributed by atoms with Crippen LogP contribution in [0.3, 0.4) is 0 Å². The van der Waals surface area contributed by atoms with Crippen molar-refractivity contribution < 1.29 is 55.1 Å². The Morgan fingerprint density at radius 3 is 0.881 bits per heavy atom. The molecule has 11 aromatic rings. The van der Waals surface area contributed by atoms with Crippen LogP contribution in [0, 0.1) is 27.7 Å². The van der Waals surface area contributed by atoms with Gasteiger partial charge in [-0.3, -0.25) is 19.4 Å². The molecule has 13 rings (SSSR count). The van der Waals surface area contributed by atoms with E-state index in [-0.39, 0.29) is 34.8 Å². The van der Waals surface area contributed by atoms with Crippen molar-refractivity contribution in [2.24, 2.45) is 4.99 Å². The van der Waals surface area contributed by atoms with E-state index in [2.05, 4.69) is 20.9 Å². The number of aromatic nitrogens is 8. The molecular weight excluding hydrogens is 1410 g/mol. The molecule has 1 radical (unpaired) electrons. The molecule has 8 aromatic carbocycles. The predicted octanol–water partition coefficient (Wildman–Crippen LogP) is 15.7. The van der Waals surface area contributed by atoms with Gasteiger partial charge in [-0.05, 0) is 141 Å². The van der Waals surface area contributed by atoms with E-state index in [1.54, 1.807) is 92.3 Å². The van der Waals surface area contributed by atoms with Gasteiger partial charge in [0.1, 0.15) is 23.0 Å². The fourth-order valence-electron chi connectivity index (χ4n) is 9.96. The fraction of sp³-hybridized carbons (Fsp3) is 0.211. The molecule has 0 aliphatic carbocycles. The van der Waals surface area contributed by atoms with Crippen LogP contribution in [0.15, 0.2) is 175 Å². The molecule has 0 spiro atoms. The molecule has 25 heteroatoms. The molecule has 5 heterocycles. The van der Waals surface area contributed by atoms with Crippen LogP contribution >= 0.6 is 46.4 Å². The summed E-state index contributed by atoms with van der Waals surface area (Å²) in [7, 11) is 6.34. The number of aliphatic imine (C=N–C) groups is 1. The van der Waals surface area contributed by atoms with Crippen molar-refractivity contribution in [1.29, 1.82) is 0 Å². The number of hydrogen-bond donors (Lipinski definition) is 3. The van der Waals surface area contributed by atoms with Crippen molar-refractivity contribution >= 4 is 115 Å².